The fourth-order valence-corrected chi connectivity index (χ4v) is 10.8. The van der Waals surface area contributed by atoms with Gasteiger partial charge in [-0.05, 0) is 151 Å². The highest BCUT2D eigenvalue weighted by molar-refractivity contribution is 5.10. The molecule has 9 saturated carbocycles. The molecule has 0 bridgehead atoms. The van der Waals surface area contributed by atoms with Gasteiger partial charge in [-0.1, -0.05) is 340 Å². The standard InChI is InChI=1S/4C7H16.C6H10.7C6H12/c2*1-4-5-6-7(2)3;1-4-6-7(3)5-2;1-3-5-7-6-4-2;1-5-4-6(5)2-3-6;1-5-4-6(5,2)3;1-5-3-6(2)4-5;1-6(2)4-3-5-6;1-5-3-4-6(5)2;1-6-4-2-3-5-6;1-3-6-4-5(6)2;1-2-6-4-3-5-6/h3*7H,4-6H2,1-3H3;3-7H2,1-2H3;5H,2-4H2,1H3;5H,4H2,1-3H3;5-6H,3-4H2,1-2H3;3-5H2,1-2H3;5-6H,3-4H2,1-2H3;6H,2-5H2,1H3;5-6H,3-4H2,1-2H3;6H,2-5H2,1H3/t;;7-;;5-;;;;5-,6?;;;/m..1.0...1.../s1. The Bertz CT molecular complexity index is 1100. The Balaban J connectivity index is -0.000000765. The number of rotatable bonds is 15. The van der Waals surface area contributed by atoms with Crippen LogP contribution in [-0.2, 0) is 0 Å². The summed E-state index contributed by atoms with van der Waals surface area (Å²) in [5.74, 6) is 13.3. The van der Waals surface area contributed by atoms with E-state index in [1.54, 1.807) is 19.3 Å². The van der Waals surface area contributed by atoms with Crippen LogP contribution in [0.5, 0.6) is 0 Å². The van der Waals surface area contributed by atoms with Gasteiger partial charge in [0.2, 0.25) is 0 Å². The summed E-state index contributed by atoms with van der Waals surface area (Å²) in [5, 5.41) is 0. The van der Waals surface area contributed by atoms with Crippen LogP contribution >= 0.6 is 0 Å². The Hall–Kier alpha value is 0. The summed E-state index contributed by atoms with van der Waals surface area (Å²) in [6, 6.07) is 0. The first kappa shape index (κ1) is 80.2. The molecule has 9 aliphatic carbocycles. The molecule has 9 rings (SSSR count). The van der Waals surface area contributed by atoms with Gasteiger partial charge in [0.15, 0.2) is 0 Å². The Kier molecular flexibility index (Phi) is 51.2. The van der Waals surface area contributed by atoms with E-state index in [1.807, 2.05) is 0 Å². The summed E-state index contributed by atoms with van der Waals surface area (Å²) >= 11 is 0. The summed E-state index contributed by atoms with van der Waals surface area (Å²) in [6.07, 6.45) is 50.5. The molecule has 1 spiro atoms. The quantitative estimate of drug-likeness (QED) is 0.143. The Morgan fingerprint density at radius 3 is 0.855 bits per heavy atom. The monoisotopic (exact) mass is 1070 g/mol. The van der Waals surface area contributed by atoms with E-state index in [4.69, 9.17) is 0 Å². The van der Waals surface area contributed by atoms with Crippen LogP contribution in [0, 0.1) is 93.2 Å². The van der Waals surface area contributed by atoms with Gasteiger partial charge in [0, 0.05) is 0 Å². The summed E-state index contributed by atoms with van der Waals surface area (Å²) in [7, 11) is 0. The molecule has 9 fully saturated rings. The molecule has 0 aromatic rings. The SMILES string of the molecule is CC1(C)CCC1.CC1CC(C)C1.CC1CC1(C)C.CC1CCCC1.CC1CC[C@H]1C.CCC1CC1C.CCC1CCC1.CCCCC(C)C.CCCCC(C)C.CCCCCCC.CCC[C@H](C)CC.C[C@H]1CC12CC2. The van der Waals surface area contributed by atoms with Crippen molar-refractivity contribution in [1.29, 1.82) is 0 Å². The van der Waals surface area contributed by atoms with Crippen LogP contribution in [0.4, 0.5) is 0 Å². The zero-order chi connectivity index (χ0) is 58.8. The van der Waals surface area contributed by atoms with E-state index in [1.165, 1.54) is 205 Å². The summed E-state index contributed by atoms with van der Waals surface area (Å²) in [6.45, 7) is 57.3. The van der Waals surface area contributed by atoms with Crippen LogP contribution in [0.3, 0.4) is 0 Å². The number of hydrogen-bond acceptors (Lipinski definition) is 0. The van der Waals surface area contributed by atoms with Crippen molar-refractivity contribution in [3.05, 3.63) is 0 Å². The van der Waals surface area contributed by atoms with E-state index in [0.29, 0.717) is 5.41 Å². The molecule has 0 aliphatic heterocycles. The molecule has 0 nitrogen and oxygen atoms in total. The second-order valence-corrected chi connectivity index (χ2v) is 30.7. The third kappa shape index (κ3) is 50.9. The highest BCUT2D eigenvalue weighted by Crippen LogP contribution is 2.70. The Morgan fingerprint density at radius 2 is 0.789 bits per heavy atom. The zero-order valence-electron chi connectivity index (χ0n) is 58.8. The lowest BCUT2D eigenvalue weighted by molar-refractivity contribution is 0.190. The summed E-state index contributed by atoms with van der Waals surface area (Å²) < 4.78 is 0. The van der Waals surface area contributed by atoms with Gasteiger partial charge in [-0.2, -0.15) is 0 Å². The van der Waals surface area contributed by atoms with Gasteiger partial charge in [-0.25, -0.2) is 0 Å². The van der Waals surface area contributed by atoms with E-state index in [2.05, 4.69) is 173 Å². The lowest BCUT2D eigenvalue weighted by Gasteiger charge is -2.33. The van der Waals surface area contributed by atoms with Gasteiger partial charge in [-0.15, -0.1) is 0 Å². The number of hydrogen-bond donors (Lipinski definition) is 0. The normalized spacial score (nSPS) is 27.5. The van der Waals surface area contributed by atoms with Crippen LogP contribution in [0.15, 0.2) is 0 Å². The molecule has 462 valence electrons. The van der Waals surface area contributed by atoms with Crippen molar-refractivity contribution in [3.63, 3.8) is 0 Å². The van der Waals surface area contributed by atoms with E-state index < -0.39 is 0 Å². The van der Waals surface area contributed by atoms with Crippen LogP contribution in [0.25, 0.3) is 0 Å². The van der Waals surface area contributed by atoms with E-state index in [9.17, 15) is 0 Å². The van der Waals surface area contributed by atoms with Gasteiger partial charge in [-0.3, -0.25) is 0 Å². The minimum Gasteiger partial charge on any atom is -0.0654 e. The Labute approximate surface area is 488 Å². The van der Waals surface area contributed by atoms with Crippen LogP contribution in [0.2, 0.25) is 0 Å². The highest BCUT2D eigenvalue weighted by atomic mass is 14.6. The van der Waals surface area contributed by atoms with E-state index >= 15 is 0 Å². The molecule has 0 heteroatoms. The maximum atomic E-state index is 2.37. The lowest BCUT2D eigenvalue weighted by Crippen LogP contribution is -2.20. The Morgan fingerprint density at radius 1 is 0.395 bits per heavy atom. The van der Waals surface area contributed by atoms with Crippen LogP contribution in [-0.4, -0.2) is 0 Å². The third-order valence-corrected chi connectivity index (χ3v) is 20.1. The molecule has 0 N–H and O–H groups in total. The molecule has 0 aromatic heterocycles. The van der Waals surface area contributed by atoms with Crippen molar-refractivity contribution in [2.45, 2.75) is 398 Å². The summed E-state index contributed by atoms with van der Waals surface area (Å²) in [4.78, 5) is 0. The van der Waals surface area contributed by atoms with Gasteiger partial charge >= 0.3 is 0 Å². The first-order valence-corrected chi connectivity index (χ1v) is 35.7. The van der Waals surface area contributed by atoms with Crippen molar-refractivity contribution in [1.82, 2.24) is 0 Å². The van der Waals surface area contributed by atoms with Crippen molar-refractivity contribution in [3.8, 4) is 0 Å². The molecule has 0 aromatic carbocycles. The molecule has 76 heavy (non-hydrogen) atoms. The topological polar surface area (TPSA) is 0 Å². The second-order valence-electron chi connectivity index (χ2n) is 30.7. The molecule has 7 atom stereocenters. The molecular weight excluding hydrogens is 913 g/mol. The van der Waals surface area contributed by atoms with Gasteiger partial charge < -0.3 is 0 Å². The molecule has 0 radical (unpaired) electrons. The van der Waals surface area contributed by atoms with Gasteiger partial charge in [0.05, 0.1) is 0 Å². The predicted molar refractivity (Wildman–Crippen MR) is 356 cm³/mol. The average molecular weight is 1070 g/mol. The fourth-order valence-electron chi connectivity index (χ4n) is 10.8. The summed E-state index contributed by atoms with van der Waals surface area (Å²) in [5.41, 5.74) is 2.39. The minimum atomic E-state index is 0.708. The second kappa shape index (κ2) is 48.5. The average Bonchev–Trinajstić information content (AvgIpc) is 4.32. The van der Waals surface area contributed by atoms with Crippen molar-refractivity contribution in [2.75, 3.05) is 0 Å². The van der Waals surface area contributed by atoms with E-state index in [-0.39, 0.29) is 0 Å². The predicted octanol–water partition coefficient (Wildman–Crippen LogP) is 28.1. The van der Waals surface area contributed by atoms with Crippen molar-refractivity contribution >= 4 is 0 Å². The van der Waals surface area contributed by atoms with Gasteiger partial charge in [0.1, 0.15) is 0 Å². The van der Waals surface area contributed by atoms with Crippen LogP contribution in [0.1, 0.15) is 398 Å². The largest absolute Gasteiger partial charge is 0.0654 e. The molecule has 9 aliphatic rings. The molecule has 4 unspecified atom stereocenters. The first-order valence-electron chi connectivity index (χ1n) is 35.7. The third-order valence-electron chi connectivity index (χ3n) is 20.1. The molecule has 0 saturated heterocycles. The minimum absolute atomic E-state index is 0.708. The van der Waals surface area contributed by atoms with E-state index in [0.717, 1.165) is 87.8 Å². The molecule has 0 heterocycles. The van der Waals surface area contributed by atoms with Crippen molar-refractivity contribution < 1.29 is 0 Å². The molecule has 0 amide bonds. The maximum absolute atomic E-state index is 2.37. The number of unbranched alkanes of at least 4 members (excludes halogenated alkanes) is 6. The van der Waals surface area contributed by atoms with Gasteiger partial charge in [0.25, 0.3) is 0 Å². The maximum Gasteiger partial charge on any atom is -0.0268 e. The van der Waals surface area contributed by atoms with Crippen LogP contribution < -0.4 is 0 Å². The zero-order valence-corrected chi connectivity index (χ0v) is 58.8. The molecular formula is C76H158. The smallest absolute Gasteiger partial charge is 0.0268 e. The highest BCUT2D eigenvalue weighted by Gasteiger charge is 2.59. The lowest BCUT2D eigenvalue weighted by atomic mass is 9.72. The van der Waals surface area contributed by atoms with Crippen molar-refractivity contribution in [2.24, 2.45) is 93.2 Å². The first-order chi connectivity index (χ1) is 35.7. The fraction of sp³-hybridized carbons (Fsp3) is 1.00.